The normalized spacial score (nSPS) is 8.93. The van der Waals surface area contributed by atoms with E-state index in [-0.39, 0.29) is 37.0 Å². The van der Waals surface area contributed by atoms with Gasteiger partial charge in [0.1, 0.15) is 0 Å². The fourth-order valence-corrected chi connectivity index (χ4v) is 1.06. The Morgan fingerprint density at radius 2 is 1.93 bits per heavy atom. The Labute approximate surface area is 105 Å². The Kier molecular flexibility index (Phi) is 5.27. The van der Waals surface area contributed by atoms with Gasteiger partial charge >= 0.3 is 35.0 Å². The molecule has 6 heteroatoms. The molecule has 15 heavy (non-hydrogen) atoms. The maximum absolute atomic E-state index is 11.0. The summed E-state index contributed by atoms with van der Waals surface area (Å²) in [6.45, 7) is 1.69. The largest absolute Gasteiger partial charge is 2.00 e. The summed E-state index contributed by atoms with van der Waals surface area (Å²) in [5.74, 6) is -2.32. The summed E-state index contributed by atoms with van der Waals surface area (Å²) in [6, 6.07) is 4.17. The zero-order chi connectivity index (χ0) is 10.7. The first kappa shape index (κ1) is 13.9. The molecular formula is C9H10MgO5. The predicted octanol–water partition coefficient (Wildman–Crippen LogP) is 1.17. The molecule has 1 rings (SSSR count). The third-order valence-electron chi connectivity index (χ3n) is 1.71. The van der Waals surface area contributed by atoms with Crippen molar-refractivity contribution in [3.63, 3.8) is 0 Å². The van der Waals surface area contributed by atoms with Crippen LogP contribution in [-0.2, 0) is 4.89 Å². The van der Waals surface area contributed by atoms with Crippen molar-refractivity contribution in [2.24, 2.45) is 0 Å². The van der Waals surface area contributed by atoms with Crippen LogP contribution in [0.3, 0.4) is 0 Å². The number of aryl methyl sites for hydroxylation is 1. The maximum Gasteiger partial charge on any atom is 2.00 e. The second-order valence-corrected chi connectivity index (χ2v) is 2.73. The minimum absolute atomic E-state index is 0. The molecule has 0 aliphatic rings. The zero-order valence-corrected chi connectivity index (χ0v) is 9.47. The van der Waals surface area contributed by atoms with Crippen LogP contribution in [0.1, 0.15) is 29.1 Å². The fourth-order valence-electron chi connectivity index (χ4n) is 1.06. The molecule has 0 saturated heterocycles. The van der Waals surface area contributed by atoms with Crippen LogP contribution < -0.4 is 0 Å². The second kappa shape index (κ2) is 5.69. The Morgan fingerprint density at radius 3 is 2.40 bits per heavy atom. The van der Waals surface area contributed by atoms with E-state index >= 15 is 0 Å². The van der Waals surface area contributed by atoms with E-state index in [0.29, 0.717) is 5.56 Å². The van der Waals surface area contributed by atoms with Crippen molar-refractivity contribution in [1.29, 1.82) is 0 Å². The van der Waals surface area contributed by atoms with Crippen molar-refractivity contribution >= 4 is 35.0 Å². The molecule has 0 heterocycles. The molecule has 0 aromatic heterocycles. The molecule has 5 nitrogen and oxygen atoms in total. The minimum atomic E-state index is -1.24. The third kappa shape index (κ3) is 3.19. The van der Waals surface area contributed by atoms with Crippen LogP contribution in [0.5, 0.6) is 0 Å². The summed E-state index contributed by atoms with van der Waals surface area (Å²) in [6.07, 6.45) is 0. The van der Waals surface area contributed by atoms with Crippen LogP contribution in [0.4, 0.5) is 0 Å². The molecule has 0 unspecified atom stereocenters. The molecule has 0 aliphatic heterocycles. The van der Waals surface area contributed by atoms with Gasteiger partial charge in [0.25, 0.3) is 0 Å². The first-order chi connectivity index (χ1) is 6.56. The Bertz CT molecular complexity index is 397. The number of carboxylic acid groups (broad SMARTS) is 1. The number of benzene rings is 1. The van der Waals surface area contributed by atoms with Gasteiger partial charge in [-0.1, -0.05) is 11.6 Å². The van der Waals surface area contributed by atoms with E-state index in [1.54, 1.807) is 13.0 Å². The van der Waals surface area contributed by atoms with Crippen molar-refractivity contribution in [2.75, 3.05) is 0 Å². The number of carbonyl (C=O) groups is 2. The number of carbonyl (C=O) groups excluding carboxylic acids is 1. The predicted molar refractivity (Wildman–Crippen MR) is 54.2 cm³/mol. The molecule has 0 amide bonds. The van der Waals surface area contributed by atoms with Gasteiger partial charge in [0, 0.05) is 0 Å². The van der Waals surface area contributed by atoms with Gasteiger partial charge in [0.05, 0.1) is 11.1 Å². The number of aromatic carboxylic acids is 1. The van der Waals surface area contributed by atoms with Gasteiger partial charge in [-0.25, -0.2) is 9.59 Å². The summed E-state index contributed by atoms with van der Waals surface area (Å²) in [7, 11) is 0. The van der Waals surface area contributed by atoms with Gasteiger partial charge in [0.2, 0.25) is 0 Å². The number of hydrogen-bond donors (Lipinski definition) is 2. The number of carboxylic acids is 1. The summed E-state index contributed by atoms with van der Waals surface area (Å²) in [5.41, 5.74) is 0.338. The average molecular weight is 222 g/mol. The summed E-state index contributed by atoms with van der Waals surface area (Å²) in [4.78, 5) is 25.1. The summed E-state index contributed by atoms with van der Waals surface area (Å²) >= 11 is 0. The fraction of sp³-hybridized carbons (Fsp3) is 0.111. The molecule has 0 spiro atoms. The topological polar surface area (TPSA) is 83.8 Å². The molecule has 1 aromatic rings. The molecular weight excluding hydrogens is 212 g/mol. The summed E-state index contributed by atoms with van der Waals surface area (Å²) < 4.78 is 0. The van der Waals surface area contributed by atoms with Crippen LogP contribution in [0.15, 0.2) is 18.2 Å². The molecule has 0 atom stereocenters. The maximum atomic E-state index is 11.0. The SMILES string of the molecule is Cc1ccc(C(=O)O)c(C(=O)OO)c1.[H-].[H-].[Mg+2]. The molecule has 0 bridgehead atoms. The van der Waals surface area contributed by atoms with Crippen LogP contribution in [-0.4, -0.2) is 45.4 Å². The average Bonchev–Trinajstić information content (AvgIpc) is 2.16. The van der Waals surface area contributed by atoms with E-state index < -0.39 is 11.9 Å². The first-order valence-corrected chi connectivity index (χ1v) is 3.76. The Hall–Kier alpha value is -1.11. The summed E-state index contributed by atoms with van der Waals surface area (Å²) in [5, 5.41) is 16.9. The molecule has 2 N–H and O–H groups in total. The van der Waals surface area contributed by atoms with Crippen molar-refractivity contribution in [3.05, 3.63) is 34.9 Å². The smallest absolute Gasteiger partial charge is 1.00 e. The molecule has 0 fully saturated rings. The van der Waals surface area contributed by atoms with Gasteiger partial charge in [-0.2, -0.15) is 5.26 Å². The van der Waals surface area contributed by atoms with Crippen LogP contribution in [0, 0.1) is 6.92 Å². The van der Waals surface area contributed by atoms with E-state index in [9.17, 15) is 9.59 Å². The van der Waals surface area contributed by atoms with Gasteiger partial charge < -0.3 is 7.96 Å². The van der Waals surface area contributed by atoms with E-state index in [2.05, 4.69) is 4.89 Å². The van der Waals surface area contributed by atoms with Crippen molar-refractivity contribution in [2.45, 2.75) is 6.92 Å². The minimum Gasteiger partial charge on any atom is -1.00 e. The van der Waals surface area contributed by atoms with Crippen molar-refractivity contribution in [1.82, 2.24) is 0 Å². The van der Waals surface area contributed by atoms with Crippen molar-refractivity contribution in [3.8, 4) is 0 Å². The van der Waals surface area contributed by atoms with E-state index in [0.717, 1.165) is 0 Å². The van der Waals surface area contributed by atoms with Crippen molar-refractivity contribution < 1.29 is 27.7 Å². The van der Waals surface area contributed by atoms with Gasteiger partial charge in [-0.3, -0.25) is 4.89 Å². The van der Waals surface area contributed by atoms with E-state index in [4.69, 9.17) is 10.4 Å². The van der Waals surface area contributed by atoms with Crippen LogP contribution in [0.25, 0.3) is 0 Å². The van der Waals surface area contributed by atoms with E-state index in [1.807, 2.05) is 0 Å². The molecule has 0 aliphatic carbocycles. The number of rotatable bonds is 2. The molecule has 0 saturated carbocycles. The number of hydrogen-bond acceptors (Lipinski definition) is 4. The van der Waals surface area contributed by atoms with Crippen LogP contribution >= 0.6 is 0 Å². The zero-order valence-electron chi connectivity index (χ0n) is 10.1. The van der Waals surface area contributed by atoms with Gasteiger partial charge in [-0.15, -0.1) is 0 Å². The molecule has 0 radical (unpaired) electrons. The van der Waals surface area contributed by atoms with Gasteiger partial charge in [0.15, 0.2) is 0 Å². The third-order valence-corrected chi connectivity index (χ3v) is 1.71. The quantitative estimate of drug-likeness (QED) is 0.446. The second-order valence-electron chi connectivity index (χ2n) is 2.73. The van der Waals surface area contributed by atoms with Crippen LogP contribution in [0.2, 0.25) is 0 Å². The molecule has 78 valence electrons. The first-order valence-electron chi connectivity index (χ1n) is 3.76. The Balaban J connectivity index is -0.000000653. The standard InChI is InChI=1S/C9H8O5.Mg.2H/c1-5-2-3-6(8(10)11)7(4-5)9(12)14-13;;;/h2-4,13H,1H3,(H,10,11);;;/q;+2;2*-1. The molecule has 1 aromatic carbocycles. The van der Waals surface area contributed by atoms with Gasteiger partial charge in [-0.05, 0) is 19.1 Å². The Morgan fingerprint density at radius 1 is 1.33 bits per heavy atom. The van der Waals surface area contributed by atoms with E-state index in [1.165, 1.54) is 12.1 Å². The monoisotopic (exact) mass is 222 g/mol.